The highest BCUT2D eigenvalue weighted by Crippen LogP contribution is 2.31. The molecule has 2 aromatic rings. The number of nitrogens with zero attached hydrogens (tertiary/aromatic N) is 3. The maximum atomic E-state index is 11.4. The van der Waals surface area contributed by atoms with Crippen LogP contribution in [-0.4, -0.2) is 38.4 Å². The zero-order chi connectivity index (χ0) is 18.5. The van der Waals surface area contributed by atoms with E-state index in [4.69, 9.17) is 0 Å². The Labute approximate surface area is 152 Å². The first kappa shape index (κ1) is 18.0. The van der Waals surface area contributed by atoms with Gasteiger partial charge in [-0.25, -0.2) is 14.8 Å². The van der Waals surface area contributed by atoms with Crippen molar-refractivity contribution in [3.8, 4) is 0 Å². The van der Waals surface area contributed by atoms with Gasteiger partial charge in [0.15, 0.2) is 0 Å². The van der Waals surface area contributed by atoms with Gasteiger partial charge in [-0.3, -0.25) is 9.69 Å². The summed E-state index contributed by atoms with van der Waals surface area (Å²) in [5.74, 6) is -0.291. The normalized spacial score (nSPS) is 17.2. The van der Waals surface area contributed by atoms with Crippen molar-refractivity contribution in [1.82, 2.24) is 20.2 Å². The highest BCUT2D eigenvalue weighted by molar-refractivity contribution is 5.89. The molecule has 0 unspecified atom stereocenters. The maximum absolute atomic E-state index is 11.4. The van der Waals surface area contributed by atoms with Crippen LogP contribution in [0.2, 0.25) is 0 Å². The van der Waals surface area contributed by atoms with Gasteiger partial charge in [0.05, 0.1) is 23.8 Å². The second-order valence-electron chi connectivity index (χ2n) is 6.41. The highest BCUT2D eigenvalue weighted by atomic mass is 16.4. The first-order valence-electron chi connectivity index (χ1n) is 8.66. The molecule has 136 valence electrons. The SMILES string of the molecule is CC(=O)NCc1ccnc([C@@H]2CCCN2Cc2ccccc2C(=O)O)n1. The summed E-state index contributed by atoms with van der Waals surface area (Å²) >= 11 is 0. The summed E-state index contributed by atoms with van der Waals surface area (Å²) in [5.41, 5.74) is 1.89. The lowest BCUT2D eigenvalue weighted by molar-refractivity contribution is -0.119. The Morgan fingerprint density at radius 2 is 2.12 bits per heavy atom. The number of carboxylic acids is 1. The number of hydrogen-bond acceptors (Lipinski definition) is 5. The molecular formula is C19H22N4O3. The molecule has 1 saturated heterocycles. The van der Waals surface area contributed by atoms with E-state index in [0.717, 1.165) is 36.5 Å². The summed E-state index contributed by atoms with van der Waals surface area (Å²) in [7, 11) is 0. The summed E-state index contributed by atoms with van der Waals surface area (Å²) in [5, 5.41) is 12.1. The quantitative estimate of drug-likeness (QED) is 0.825. The fourth-order valence-electron chi connectivity index (χ4n) is 3.28. The zero-order valence-corrected chi connectivity index (χ0v) is 14.7. The van der Waals surface area contributed by atoms with Crippen LogP contribution in [-0.2, 0) is 17.9 Å². The summed E-state index contributed by atoms with van der Waals surface area (Å²) in [6.45, 7) is 3.27. The van der Waals surface area contributed by atoms with E-state index >= 15 is 0 Å². The lowest BCUT2D eigenvalue weighted by atomic mass is 10.1. The molecule has 1 aromatic heterocycles. The zero-order valence-electron chi connectivity index (χ0n) is 14.7. The third-order valence-electron chi connectivity index (χ3n) is 4.53. The molecule has 1 amide bonds. The van der Waals surface area contributed by atoms with Gasteiger partial charge in [0, 0.05) is 19.7 Å². The Balaban J connectivity index is 1.78. The molecule has 0 radical (unpaired) electrons. The first-order chi connectivity index (χ1) is 12.5. The van der Waals surface area contributed by atoms with Crippen LogP contribution in [0.15, 0.2) is 36.5 Å². The fraction of sp³-hybridized carbons (Fsp3) is 0.368. The van der Waals surface area contributed by atoms with Crippen molar-refractivity contribution < 1.29 is 14.7 Å². The fourth-order valence-corrected chi connectivity index (χ4v) is 3.28. The van der Waals surface area contributed by atoms with Crippen molar-refractivity contribution in [2.75, 3.05) is 6.54 Å². The molecule has 0 spiro atoms. The lowest BCUT2D eigenvalue weighted by Gasteiger charge is -2.24. The smallest absolute Gasteiger partial charge is 0.336 e. The standard InChI is InChI=1S/C19H22N4O3/c1-13(24)21-11-15-8-9-20-18(22-15)17-7-4-10-23(17)12-14-5-2-3-6-16(14)19(25)26/h2-3,5-6,8-9,17H,4,7,10-12H2,1H3,(H,21,24)(H,25,26)/t17-/m0/s1. The minimum Gasteiger partial charge on any atom is -0.478 e. The third kappa shape index (κ3) is 4.23. The predicted octanol–water partition coefficient (Wildman–Crippen LogP) is 2.15. The number of hydrogen-bond donors (Lipinski definition) is 2. The van der Waals surface area contributed by atoms with Gasteiger partial charge in [0.1, 0.15) is 5.82 Å². The number of aromatic nitrogens is 2. The number of likely N-dealkylation sites (tertiary alicyclic amines) is 1. The molecule has 0 aliphatic carbocycles. The predicted molar refractivity (Wildman–Crippen MR) is 95.3 cm³/mol. The van der Waals surface area contributed by atoms with Crippen LogP contribution in [0.5, 0.6) is 0 Å². The van der Waals surface area contributed by atoms with E-state index in [1.165, 1.54) is 6.92 Å². The van der Waals surface area contributed by atoms with E-state index in [9.17, 15) is 14.7 Å². The van der Waals surface area contributed by atoms with Crippen LogP contribution in [0.3, 0.4) is 0 Å². The molecule has 1 aliphatic heterocycles. The number of aromatic carboxylic acids is 1. The van der Waals surface area contributed by atoms with Gasteiger partial charge in [0.25, 0.3) is 0 Å². The Bertz CT molecular complexity index is 809. The number of carbonyl (C=O) groups is 2. The number of amides is 1. The lowest BCUT2D eigenvalue weighted by Crippen LogP contribution is -2.26. The molecule has 1 fully saturated rings. The first-order valence-corrected chi connectivity index (χ1v) is 8.66. The number of carbonyl (C=O) groups excluding carboxylic acids is 1. The second kappa shape index (κ2) is 8.05. The van der Waals surface area contributed by atoms with Crippen LogP contribution < -0.4 is 5.32 Å². The Morgan fingerprint density at radius 3 is 2.88 bits per heavy atom. The number of benzene rings is 1. The molecule has 26 heavy (non-hydrogen) atoms. The average molecular weight is 354 g/mol. The third-order valence-corrected chi connectivity index (χ3v) is 4.53. The van der Waals surface area contributed by atoms with Crippen molar-refractivity contribution in [3.05, 3.63) is 59.2 Å². The molecule has 2 heterocycles. The summed E-state index contributed by atoms with van der Waals surface area (Å²) < 4.78 is 0. The Hall–Kier alpha value is -2.80. The molecular weight excluding hydrogens is 332 g/mol. The van der Waals surface area contributed by atoms with Gasteiger partial charge in [-0.15, -0.1) is 0 Å². The van der Waals surface area contributed by atoms with Crippen LogP contribution in [0.25, 0.3) is 0 Å². The minimum atomic E-state index is -0.912. The molecule has 7 heteroatoms. The van der Waals surface area contributed by atoms with E-state index in [1.54, 1.807) is 24.4 Å². The molecule has 0 bridgehead atoms. The average Bonchev–Trinajstić information content (AvgIpc) is 3.08. The monoisotopic (exact) mass is 354 g/mol. The molecule has 1 atom stereocenters. The molecule has 1 aliphatic rings. The number of nitrogens with one attached hydrogen (secondary N) is 1. The van der Waals surface area contributed by atoms with E-state index in [1.807, 2.05) is 12.1 Å². The van der Waals surface area contributed by atoms with Crippen LogP contribution in [0, 0.1) is 0 Å². The molecule has 0 saturated carbocycles. The van der Waals surface area contributed by atoms with E-state index in [2.05, 4.69) is 20.2 Å². The van der Waals surface area contributed by atoms with Crippen LogP contribution in [0.4, 0.5) is 0 Å². The topological polar surface area (TPSA) is 95.4 Å². The van der Waals surface area contributed by atoms with Crippen molar-refractivity contribution in [1.29, 1.82) is 0 Å². The van der Waals surface area contributed by atoms with Gasteiger partial charge in [-0.1, -0.05) is 18.2 Å². The molecule has 3 rings (SSSR count). The van der Waals surface area contributed by atoms with Gasteiger partial charge in [0.2, 0.25) is 5.91 Å². The summed E-state index contributed by atoms with van der Waals surface area (Å²) in [6.07, 6.45) is 3.65. The van der Waals surface area contributed by atoms with E-state index in [-0.39, 0.29) is 11.9 Å². The molecule has 1 aromatic carbocycles. The Morgan fingerprint density at radius 1 is 1.31 bits per heavy atom. The van der Waals surface area contributed by atoms with Crippen LogP contribution >= 0.6 is 0 Å². The van der Waals surface area contributed by atoms with Gasteiger partial charge >= 0.3 is 5.97 Å². The maximum Gasteiger partial charge on any atom is 0.336 e. The second-order valence-corrected chi connectivity index (χ2v) is 6.41. The van der Waals surface area contributed by atoms with Crippen molar-refractivity contribution in [2.45, 2.75) is 38.9 Å². The summed E-state index contributed by atoms with van der Waals surface area (Å²) in [4.78, 5) is 33.8. The van der Waals surface area contributed by atoms with Crippen LogP contribution in [0.1, 0.15) is 53.2 Å². The largest absolute Gasteiger partial charge is 0.478 e. The summed E-state index contributed by atoms with van der Waals surface area (Å²) in [6, 6.07) is 8.92. The number of carboxylic acid groups (broad SMARTS) is 1. The van der Waals surface area contributed by atoms with Crippen molar-refractivity contribution >= 4 is 11.9 Å². The minimum absolute atomic E-state index is 0.0501. The van der Waals surface area contributed by atoms with Gasteiger partial charge in [-0.05, 0) is 37.1 Å². The van der Waals surface area contributed by atoms with E-state index in [0.29, 0.717) is 18.7 Å². The molecule has 2 N–H and O–H groups in total. The van der Waals surface area contributed by atoms with Crippen molar-refractivity contribution in [2.24, 2.45) is 0 Å². The van der Waals surface area contributed by atoms with E-state index < -0.39 is 5.97 Å². The van der Waals surface area contributed by atoms with Gasteiger partial charge < -0.3 is 10.4 Å². The Kier molecular flexibility index (Phi) is 5.58. The highest BCUT2D eigenvalue weighted by Gasteiger charge is 2.29. The molecule has 7 nitrogen and oxygen atoms in total. The number of rotatable bonds is 6. The van der Waals surface area contributed by atoms with Gasteiger partial charge in [-0.2, -0.15) is 0 Å². The van der Waals surface area contributed by atoms with Crippen molar-refractivity contribution in [3.63, 3.8) is 0 Å².